The fourth-order valence-corrected chi connectivity index (χ4v) is 0.595. The molecule has 1 aromatic heterocycles. The minimum Gasteiger partial charge on any atom is -0.324 e. The van der Waals surface area contributed by atoms with Crippen molar-refractivity contribution < 1.29 is 9.18 Å². The molecule has 1 heterocycles. The van der Waals surface area contributed by atoms with Gasteiger partial charge in [0.15, 0.2) is 10.7 Å². The molecule has 1 rings (SSSR count). The molecule has 0 amide bonds. The fourth-order valence-electron chi connectivity index (χ4n) is 0.339. The van der Waals surface area contributed by atoms with Gasteiger partial charge in [-0.3, -0.25) is 0 Å². The molecule has 48 valence electrons. The highest BCUT2D eigenvalue weighted by molar-refractivity contribution is 7.93. The van der Waals surface area contributed by atoms with Crippen LogP contribution in [0.5, 0.6) is 0 Å². The Morgan fingerprint density at radius 1 is 1.67 bits per heavy atom. The van der Waals surface area contributed by atoms with Crippen LogP contribution < -0.4 is 0 Å². The Balaban J connectivity index is 2.98. The van der Waals surface area contributed by atoms with E-state index in [0.717, 1.165) is 6.21 Å². The zero-order chi connectivity index (χ0) is 6.69. The van der Waals surface area contributed by atoms with Crippen LogP contribution >= 0.6 is 12.0 Å². The summed E-state index contributed by atoms with van der Waals surface area (Å²) in [4.78, 5) is 0. The van der Waals surface area contributed by atoms with Gasteiger partial charge < -0.3 is 9.96 Å². The molecule has 0 spiro atoms. The third kappa shape index (κ3) is 1.08. The molecule has 9 heavy (non-hydrogen) atoms. The van der Waals surface area contributed by atoms with Crippen molar-refractivity contribution in [2.75, 3.05) is 0 Å². The molecule has 1 aromatic rings. The zero-order valence-electron chi connectivity index (χ0n) is 4.24. The molecule has 0 aliphatic carbocycles. The minimum atomic E-state index is 0.213. The van der Waals surface area contributed by atoms with Gasteiger partial charge in [-0.2, -0.15) is 0 Å². The summed E-state index contributed by atoms with van der Waals surface area (Å²) in [6, 6.07) is 0. The lowest BCUT2D eigenvalue weighted by Crippen LogP contribution is -1.80. The van der Waals surface area contributed by atoms with Crippen molar-refractivity contribution in [1.29, 1.82) is 5.41 Å². The molecule has 0 bridgehead atoms. The molecule has 0 fully saturated rings. The Morgan fingerprint density at radius 2 is 2.44 bits per heavy atom. The van der Waals surface area contributed by atoms with Crippen LogP contribution in [0.3, 0.4) is 0 Å². The Morgan fingerprint density at radius 3 is 2.89 bits per heavy atom. The summed E-state index contributed by atoms with van der Waals surface area (Å²) in [5.41, 5.74) is 0.238. The number of hydrogen-bond acceptors (Lipinski definition) is 6. The average Bonchev–Trinajstić information content (AvgIpc) is 2.33. The van der Waals surface area contributed by atoms with Crippen LogP contribution in [-0.2, 0) is 0 Å². The first-order valence-electron chi connectivity index (χ1n) is 2.03. The molecule has 0 unspecified atom stereocenters. The zero-order valence-corrected chi connectivity index (χ0v) is 5.05. The average molecular weight is 145 g/mol. The standard InChI is InChI=1S/C3H3N3O2S/c4-1-2-3(9-7)6-8-5-2/h1,4,7H. The molecule has 0 radical (unpaired) electrons. The van der Waals surface area contributed by atoms with E-state index in [1.54, 1.807) is 0 Å². The Bertz CT molecular complexity index is 211. The molecule has 0 atom stereocenters. The van der Waals surface area contributed by atoms with Gasteiger partial charge in [-0.15, -0.1) is 0 Å². The van der Waals surface area contributed by atoms with Crippen LogP contribution in [0.25, 0.3) is 0 Å². The van der Waals surface area contributed by atoms with Crippen molar-refractivity contribution >= 4 is 18.3 Å². The summed E-state index contributed by atoms with van der Waals surface area (Å²) in [7, 11) is 0. The SMILES string of the molecule is N=Cc1nonc1SO. The van der Waals surface area contributed by atoms with E-state index < -0.39 is 0 Å². The third-order valence-electron chi connectivity index (χ3n) is 0.705. The first-order valence-corrected chi connectivity index (χ1v) is 2.80. The number of nitrogens with zero attached hydrogens (tertiary/aromatic N) is 2. The second kappa shape index (κ2) is 2.60. The normalized spacial score (nSPS) is 9.44. The maximum atomic E-state index is 8.39. The molecular formula is C3H3N3O2S. The summed E-state index contributed by atoms with van der Waals surface area (Å²) < 4.78 is 12.6. The van der Waals surface area contributed by atoms with E-state index >= 15 is 0 Å². The number of nitrogens with one attached hydrogen (secondary N) is 1. The topological polar surface area (TPSA) is 83.0 Å². The van der Waals surface area contributed by atoms with Crippen LogP contribution in [0.15, 0.2) is 9.65 Å². The van der Waals surface area contributed by atoms with Crippen LogP contribution in [0.1, 0.15) is 5.69 Å². The Kier molecular flexibility index (Phi) is 1.81. The number of hydrogen-bond donors (Lipinski definition) is 2. The fraction of sp³-hybridized carbons (Fsp3) is 0. The van der Waals surface area contributed by atoms with Gasteiger partial charge in [0.05, 0.1) is 18.3 Å². The summed E-state index contributed by atoms with van der Waals surface area (Å²) in [5, 5.41) is 13.5. The highest BCUT2D eigenvalue weighted by Gasteiger charge is 2.05. The highest BCUT2D eigenvalue weighted by Crippen LogP contribution is 2.12. The lowest BCUT2D eigenvalue weighted by molar-refractivity contribution is 0.297. The minimum absolute atomic E-state index is 0.213. The second-order valence-corrected chi connectivity index (χ2v) is 1.76. The van der Waals surface area contributed by atoms with Crippen LogP contribution in [-0.4, -0.2) is 21.1 Å². The highest BCUT2D eigenvalue weighted by atomic mass is 32.2. The van der Waals surface area contributed by atoms with Gasteiger partial charge in [-0.05, 0) is 10.3 Å². The summed E-state index contributed by atoms with van der Waals surface area (Å²) in [5.74, 6) is 0. The molecular weight excluding hydrogens is 142 g/mol. The monoisotopic (exact) mass is 145 g/mol. The van der Waals surface area contributed by atoms with Gasteiger partial charge in [-0.1, -0.05) is 0 Å². The van der Waals surface area contributed by atoms with E-state index in [2.05, 4.69) is 14.9 Å². The van der Waals surface area contributed by atoms with Gasteiger partial charge in [0.25, 0.3) is 0 Å². The van der Waals surface area contributed by atoms with Crippen LogP contribution in [0.4, 0.5) is 0 Å². The van der Waals surface area contributed by atoms with E-state index in [0.29, 0.717) is 12.0 Å². The van der Waals surface area contributed by atoms with E-state index in [-0.39, 0.29) is 10.7 Å². The molecule has 0 aliphatic heterocycles. The van der Waals surface area contributed by atoms with E-state index in [1.807, 2.05) is 0 Å². The van der Waals surface area contributed by atoms with Gasteiger partial charge in [0.2, 0.25) is 0 Å². The van der Waals surface area contributed by atoms with E-state index in [9.17, 15) is 0 Å². The molecule has 5 nitrogen and oxygen atoms in total. The van der Waals surface area contributed by atoms with Crippen molar-refractivity contribution in [3.8, 4) is 0 Å². The first-order chi connectivity index (χ1) is 4.38. The predicted molar refractivity (Wildman–Crippen MR) is 30.7 cm³/mol. The molecule has 0 aromatic carbocycles. The Labute approximate surface area is 54.7 Å². The largest absolute Gasteiger partial charge is 0.324 e. The van der Waals surface area contributed by atoms with Crippen molar-refractivity contribution in [3.05, 3.63) is 5.69 Å². The van der Waals surface area contributed by atoms with Crippen molar-refractivity contribution in [2.45, 2.75) is 5.03 Å². The van der Waals surface area contributed by atoms with E-state index in [4.69, 9.17) is 9.96 Å². The molecule has 2 N–H and O–H groups in total. The van der Waals surface area contributed by atoms with Crippen molar-refractivity contribution in [2.24, 2.45) is 0 Å². The second-order valence-electron chi connectivity index (χ2n) is 1.19. The lowest BCUT2D eigenvalue weighted by Gasteiger charge is -1.79. The summed E-state index contributed by atoms with van der Waals surface area (Å²) >= 11 is 0.408. The lowest BCUT2D eigenvalue weighted by atomic mass is 10.5. The van der Waals surface area contributed by atoms with Crippen molar-refractivity contribution in [1.82, 2.24) is 10.3 Å². The quantitative estimate of drug-likeness (QED) is 0.471. The first kappa shape index (κ1) is 6.24. The van der Waals surface area contributed by atoms with Gasteiger partial charge in [-0.25, -0.2) is 4.63 Å². The predicted octanol–water partition coefficient (Wildman–Crippen LogP) is 0.632. The molecule has 0 aliphatic rings. The van der Waals surface area contributed by atoms with E-state index in [1.165, 1.54) is 0 Å². The van der Waals surface area contributed by atoms with Gasteiger partial charge in [0.1, 0.15) is 0 Å². The van der Waals surface area contributed by atoms with Gasteiger partial charge in [0, 0.05) is 0 Å². The molecule has 6 heteroatoms. The molecule has 0 saturated heterocycles. The Hall–Kier alpha value is -0.880. The number of rotatable bonds is 2. The molecule has 0 saturated carbocycles. The van der Waals surface area contributed by atoms with Crippen molar-refractivity contribution in [3.63, 3.8) is 0 Å². The van der Waals surface area contributed by atoms with Crippen LogP contribution in [0.2, 0.25) is 0 Å². The summed E-state index contributed by atoms with van der Waals surface area (Å²) in [6.07, 6.45) is 0.953. The maximum Gasteiger partial charge on any atom is 0.196 e. The number of aromatic nitrogens is 2. The summed E-state index contributed by atoms with van der Waals surface area (Å²) in [6.45, 7) is 0. The third-order valence-corrected chi connectivity index (χ3v) is 1.16. The smallest absolute Gasteiger partial charge is 0.196 e. The maximum absolute atomic E-state index is 8.39. The van der Waals surface area contributed by atoms with Gasteiger partial charge >= 0.3 is 0 Å². The van der Waals surface area contributed by atoms with Crippen LogP contribution in [0, 0.1) is 5.41 Å².